The molecule has 0 aliphatic carbocycles. The molecule has 100 valence electrons. The van der Waals surface area contributed by atoms with Gasteiger partial charge in [-0.25, -0.2) is 4.39 Å². The van der Waals surface area contributed by atoms with Gasteiger partial charge >= 0.3 is 0 Å². The van der Waals surface area contributed by atoms with E-state index in [0.29, 0.717) is 10.0 Å². The van der Waals surface area contributed by atoms with Gasteiger partial charge in [0.2, 0.25) is 0 Å². The first-order valence-corrected chi connectivity index (χ1v) is 7.07. The fourth-order valence-corrected chi connectivity index (χ4v) is 2.77. The molecule has 3 aromatic carbocycles. The number of rotatable bonds is 2. The molecule has 0 bridgehead atoms. The first kappa shape index (κ1) is 13.3. The summed E-state index contributed by atoms with van der Waals surface area (Å²) in [7, 11) is 0. The first-order valence-electron chi connectivity index (χ1n) is 6.28. The minimum absolute atomic E-state index is 0.274. The third kappa shape index (κ3) is 2.23. The molecular formula is C17H12BrFO. The molecule has 1 atom stereocenters. The maximum Gasteiger partial charge on any atom is 0.143 e. The second-order valence-electron chi connectivity index (χ2n) is 4.61. The Morgan fingerprint density at radius 3 is 2.35 bits per heavy atom. The Hall–Kier alpha value is -1.71. The zero-order chi connectivity index (χ0) is 14.1. The van der Waals surface area contributed by atoms with Crippen LogP contribution in [0.1, 0.15) is 17.2 Å². The van der Waals surface area contributed by atoms with E-state index in [-0.39, 0.29) is 5.56 Å². The van der Waals surface area contributed by atoms with Crippen LogP contribution in [0.4, 0.5) is 4.39 Å². The zero-order valence-corrected chi connectivity index (χ0v) is 12.1. The van der Waals surface area contributed by atoms with Crippen LogP contribution in [0.25, 0.3) is 10.8 Å². The second-order valence-corrected chi connectivity index (χ2v) is 5.47. The lowest BCUT2D eigenvalue weighted by Crippen LogP contribution is -2.03. The van der Waals surface area contributed by atoms with Gasteiger partial charge in [0, 0.05) is 5.56 Å². The smallest absolute Gasteiger partial charge is 0.143 e. The van der Waals surface area contributed by atoms with Gasteiger partial charge in [-0.15, -0.1) is 0 Å². The highest BCUT2D eigenvalue weighted by atomic mass is 79.9. The monoisotopic (exact) mass is 330 g/mol. The van der Waals surface area contributed by atoms with E-state index in [1.165, 1.54) is 0 Å². The van der Waals surface area contributed by atoms with Crippen LogP contribution in [0.3, 0.4) is 0 Å². The highest BCUT2D eigenvalue weighted by Gasteiger charge is 2.18. The fraction of sp³-hybridized carbons (Fsp3) is 0.0588. The number of fused-ring (bicyclic) bond motifs is 1. The maximum absolute atomic E-state index is 14.1. The summed E-state index contributed by atoms with van der Waals surface area (Å²) in [5.41, 5.74) is 0.982. The summed E-state index contributed by atoms with van der Waals surface area (Å²) in [6, 6.07) is 18.4. The third-order valence-corrected chi connectivity index (χ3v) is 4.01. The molecule has 0 heterocycles. The summed E-state index contributed by atoms with van der Waals surface area (Å²) >= 11 is 3.15. The Balaban J connectivity index is 2.18. The minimum Gasteiger partial charge on any atom is -0.384 e. The van der Waals surface area contributed by atoms with Crippen LogP contribution in [-0.4, -0.2) is 5.11 Å². The van der Waals surface area contributed by atoms with Crippen molar-refractivity contribution in [3.05, 3.63) is 82.1 Å². The van der Waals surface area contributed by atoms with E-state index in [1.54, 1.807) is 18.2 Å². The van der Waals surface area contributed by atoms with E-state index in [4.69, 9.17) is 0 Å². The Morgan fingerprint density at radius 2 is 1.50 bits per heavy atom. The molecule has 1 nitrogen and oxygen atoms in total. The van der Waals surface area contributed by atoms with Crippen molar-refractivity contribution in [2.45, 2.75) is 6.10 Å². The van der Waals surface area contributed by atoms with E-state index >= 15 is 0 Å². The lowest BCUT2D eigenvalue weighted by molar-refractivity contribution is 0.216. The van der Waals surface area contributed by atoms with Crippen molar-refractivity contribution in [1.29, 1.82) is 0 Å². The maximum atomic E-state index is 14.1. The van der Waals surface area contributed by atoms with Crippen LogP contribution >= 0.6 is 15.9 Å². The number of aliphatic hydroxyl groups is 1. The minimum atomic E-state index is -0.987. The van der Waals surface area contributed by atoms with E-state index in [9.17, 15) is 9.50 Å². The summed E-state index contributed by atoms with van der Waals surface area (Å²) in [6.07, 6.45) is -0.987. The van der Waals surface area contributed by atoms with Crippen molar-refractivity contribution in [3.63, 3.8) is 0 Å². The van der Waals surface area contributed by atoms with Crippen molar-refractivity contribution in [2.24, 2.45) is 0 Å². The highest BCUT2D eigenvalue weighted by molar-refractivity contribution is 9.10. The Kier molecular flexibility index (Phi) is 3.55. The average molecular weight is 331 g/mol. The molecular weight excluding hydrogens is 319 g/mol. The van der Waals surface area contributed by atoms with Crippen molar-refractivity contribution < 1.29 is 9.50 Å². The molecule has 3 aromatic rings. The van der Waals surface area contributed by atoms with E-state index in [2.05, 4.69) is 15.9 Å². The summed E-state index contributed by atoms with van der Waals surface area (Å²) < 4.78 is 14.5. The van der Waals surface area contributed by atoms with E-state index in [0.717, 1.165) is 10.8 Å². The molecule has 0 spiro atoms. The molecule has 0 aromatic heterocycles. The number of halogens is 2. The highest BCUT2D eigenvalue weighted by Crippen LogP contribution is 2.32. The largest absolute Gasteiger partial charge is 0.384 e. The molecule has 1 unspecified atom stereocenters. The van der Waals surface area contributed by atoms with Crippen LogP contribution in [0.5, 0.6) is 0 Å². The van der Waals surface area contributed by atoms with E-state index in [1.807, 2.05) is 42.5 Å². The van der Waals surface area contributed by atoms with Gasteiger partial charge in [-0.2, -0.15) is 0 Å². The number of aliphatic hydroxyl groups excluding tert-OH is 1. The van der Waals surface area contributed by atoms with Crippen LogP contribution in [0.15, 0.2) is 65.1 Å². The molecule has 0 aliphatic heterocycles. The number of hydrogen-bond donors (Lipinski definition) is 1. The summed E-state index contributed by atoms with van der Waals surface area (Å²) in [5, 5.41) is 12.5. The Morgan fingerprint density at radius 1 is 0.850 bits per heavy atom. The molecule has 3 heteroatoms. The van der Waals surface area contributed by atoms with Crippen LogP contribution in [-0.2, 0) is 0 Å². The molecule has 20 heavy (non-hydrogen) atoms. The molecule has 0 aliphatic rings. The van der Waals surface area contributed by atoms with Gasteiger partial charge in [-0.1, -0.05) is 54.6 Å². The predicted molar refractivity (Wildman–Crippen MR) is 82.1 cm³/mol. The van der Waals surface area contributed by atoms with Gasteiger partial charge in [0.15, 0.2) is 0 Å². The van der Waals surface area contributed by atoms with Crippen molar-refractivity contribution >= 4 is 26.7 Å². The van der Waals surface area contributed by atoms with Gasteiger partial charge in [-0.3, -0.25) is 0 Å². The first-order chi connectivity index (χ1) is 9.68. The van der Waals surface area contributed by atoms with Gasteiger partial charge < -0.3 is 5.11 Å². The van der Waals surface area contributed by atoms with Crippen LogP contribution in [0.2, 0.25) is 0 Å². The lowest BCUT2D eigenvalue weighted by Gasteiger charge is -2.15. The Bertz CT molecular complexity index is 765. The van der Waals surface area contributed by atoms with Crippen molar-refractivity contribution in [2.75, 3.05) is 0 Å². The van der Waals surface area contributed by atoms with Gasteiger partial charge in [0.05, 0.1) is 4.47 Å². The van der Waals surface area contributed by atoms with Gasteiger partial charge in [0.1, 0.15) is 11.9 Å². The zero-order valence-electron chi connectivity index (χ0n) is 10.6. The summed E-state index contributed by atoms with van der Waals surface area (Å²) in [5.74, 6) is -0.423. The lowest BCUT2D eigenvalue weighted by atomic mass is 9.96. The number of benzene rings is 3. The van der Waals surface area contributed by atoms with Gasteiger partial charge in [-0.05, 0) is 38.3 Å². The van der Waals surface area contributed by atoms with Crippen molar-refractivity contribution in [1.82, 2.24) is 0 Å². The van der Waals surface area contributed by atoms with Crippen LogP contribution < -0.4 is 0 Å². The fourth-order valence-electron chi connectivity index (χ4n) is 2.39. The predicted octanol–water partition coefficient (Wildman–Crippen LogP) is 4.82. The molecule has 0 amide bonds. The molecule has 1 N–H and O–H groups in total. The molecule has 3 rings (SSSR count). The van der Waals surface area contributed by atoms with E-state index < -0.39 is 11.9 Å². The van der Waals surface area contributed by atoms with Crippen molar-refractivity contribution in [3.8, 4) is 0 Å². The van der Waals surface area contributed by atoms with Crippen LogP contribution in [0, 0.1) is 5.82 Å². The normalized spacial score (nSPS) is 12.6. The summed E-state index contributed by atoms with van der Waals surface area (Å²) in [4.78, 5) is 0. The van der Waals surface area contributed by atoms with Gasteiger partial charge in [0.25, 0.3) is 0 Å². The third-order valence-electron chi connectivity index (χ3n) is 3.39. The molecule has 0 radical (unpaired) electrons. The quantitative estimate of drug-likeness (QED) is 0.714. The molecule has 0 saturated heterocycles. The molecule has 0 fully saturated rings. The second kappa shape index (κ2) is 5.35. The SMILES string of the molecule is OC(c1cccc(Br)c1F)c1cccc2ccccc12. The topological polar surface area (TPSA) is 20.2 Å². The standard InChI is InChI=1S/C17H12BrFO/c18-15-10-4-9-14(16(15)19)17(20)13-8-3-6-11-5-1-2-7-12(11)13/h1-10,17,20H. The average Bonchev–Trinajstić information content (AvgIpc) is 2.49. The Labute approximate surface area is 124 Å². The molecule has 0 saturated carbocycles. The summed E-state index contributed by atoms with van der Waals surface area (Å²) in [6.45, 7) is 0. The number of hydrogen-bond acceptors (Lipinski definition) is 1.